The van der Waals surface area contributed by atoms with E-state index in [1.807, 2.05) is 13.8 Å². The first-order valence-electron chi connectivity index (χ1n) is 6.00. The van der Waals surface area contributed by atoms with E-state index in [2.05, 4.69) is 11.4 Å². The van der Waals surface area contributed by atoms with E-state index in [1.165, 1.54) is 6.07 Å². The van der Waals surface area contributed by atoms with Crippen molar-refractivity contribution in [1.82, 2.24) is 5.32 Å². The molecule has 0 fully saturated rings. The van der Waals surface area contributed by atoms with Crippen LogP contribution in [0.15, 0.2) is 18.2 Å². The lowest BCUT2D eigenvalue weighted by Gasteiger charge is -2.14. The summed E-state index contributed by atoms with van der Waals surface area (Å²) in [6.07, 6.45) is 1.69. The minimum absolute atomic E-state index is 0.302. The second-order valence-corrected chi connectivity index (χ2v) is 5.02. The number of rotatable bonds is 6. The average Bonchev–Trinajstić information content (AvgIpc) is 2.33. The molecule has 2 nitrogen and oxygen atoms in total. The van der Waals surface area contributed by atoms with Gasteiger partial charge in [0.15, 0.2) is 11.6 Å². The Bertz CT molecular complexity index is 436. The summed E-state index contributed by atoms with van der Waals surface area (Å²) in [5.74, 6) is -1.64. The zero-order valence-corrected chi connectivity index (χ0v) is 10.8. The van der Waals surface area contributed by atoms with Crippen molar-refractivity contribution < 1.29 is 8.78 Å². The van der Waals surface area contributed by atoms with Crippen LogP contribution in [0.2, 0.25) is 0 Å². The third-order valence-electron chi connectivity index (χ3n) is 2.77. The number of nitrogens with one attached hydrogen (secondary N) is 1. The SMILES string of the molecule is CC(C)(C#N)CCCNCc1ccc(F)c(F)c1. The van der Waals surface area contributed by atoms with E-state index in [1.54, 1.807) is 6.07 Å². The Kier molecular flexibility index (Phi) is 5.24. The molecule has 1 aromatic carbocycles. The molecular formula is C14H18F2N2. The van der Waals surface area contributed by atoms with Crippen LogP contribution in [-0.4, -0.2) is 6.54 Å². The van der Waals surface area contributed by atoms with E-state index >= 15 is 0 Å². The van der Waals surface area contributed by atoms with Gasteiger partial charge in [-0.2, -0.15) is 5.26 Å². The zero-order chi connectivity index (χ0) is 13.6. The number of hydrogen-bond donors (Lipinski definition) is 1. The van der Waals surface area contributed by atoms with Gasteiger partial charge in [0.1, 0.15) is 0 Å². The van der Waals surface area contributed by atoms with Crippen LogP contribution >= 0.6 is 0 Å². The maximum Gasteiger partial charge on any atom is 0.159 e. The van der Waals surface area contributed by atoms with Gasteiger partial charge in [-0.25, -0.2) is 8.78 Å². The fourth-order valence-corrected chi connectivity index (χ4v) is 1.59. The predicted molar refractivity (Wildman–Crippen MR) is 66.7 cm³/mol. The predicted octanol–water partition coefficient (Wildman–Crippen LogP) is 3.38. The number of benzene rings is 1. The lowest BCUT2D eigenvalue weighted by atomic mass is 9.90. The van der Waals surface area contributed by atoms with Gasteiger partial charge in [-0.05, 0) is 50.9 Å². The van der Waals surface area contributed by atoms with Crippen LogP contribution in [0.1, 0.15) is 32.3 Å². The Morgan fingerprint density at radius 1 is 1.28 bits per heavy atom. The topological polar surface area (TPSA) is 35.8 Å². The molecule has 1 N–H and O–H groups in total. The minimum Gasteiger partial charge on any atom is -0.313 e. The van der Waals surface area contributed by atoms with Gasteiger partial charge in [-0.15, -0.1) is 0 Å². The maximum absolute atomic E-state index is 12.9. The van der Waals surface area contributed by atoms with E-state index in [9.17, 15) is 8.78 Å². The standard InChI is InChI=1S/C14H18F2N2/c1-14(2,10-17)6-3-7-18-9-11-4-5-12(15)13(16)8-11/h4-5,8,18H,3,6-7,9H2,1-2H3. The largest absolute Gasteiger partial charge is 0.313 e. The second-order valence-electron chi connectivity index (χ2n) is 5.02. The van der Waals surface area contributed by atoms with Gasteiger partial charge in [0.2, 0.25) is 0 Å². The summed E-state index contributed by atoms with van der Waals surface area (Å²) in [4.78, 5) is 0. The maximum atomic E-state index is 12.9. The molecule has 0 aliphatic rings. The number of nitriles is 1. The van der Waals surface area contributed by atoms with Gasteiger partial charge in [0.05, 0.1) is 11.5 Å². The van der Waals surface area contributed by atoms with E-state index in [-0.39, 0.29) is 5.41 Å². The molecule has 98 valence electrons. The third-order valence-corrected chi connectivity index (χ3v) is 2.77. The number of nitrogens with zero attached hydrogens (tertiary/aromatic N) is 1. The highest BCUT2D eigenvalue weighted by molar-refractivity contribution is 5.17. The van der Waals surface area contributed by atoms with E-state index in [4.69, 9.17) is 5.26 Å². The molecule has 0 bridgehead atoms. The Morgan fingerprint density at radius 3 is 2.61 bits per heavy atom. The molecule has 0 saturated carbocycles. The molecule has 0 unspecified atom stereocenters. The second kappa shape index (κ2) is 6.46. The number of halogens is 2. The summed E-state index contributed by atoms with van der Waals surface area (Å²) in [7, 11) is 0. The summed E-state index contributed by atoms with van der Waals surface area (Å²) < 4.78 is 25.6. The summed E-state index contributed by atoms with van der Waals surface area (Å²) in [6.45, 7) is 5.07. The van der Waals surface area contributed by atoms with Gasteiger partial charge < -0.3 is 5.32 Å². The minimum atomic E-state index is -0.825. The first-order valence-corrected chi connectivity index (χ1v) is 6.00. The van der Waals surface area contributed by atoms with Crippen LogP contribution in [0.3, 0.4) is 0 Å². The monoisotopic (exact) mass is 252 g/mol. The van der Waals surface area contributed by atoms with Crippen LogP contribution in [0.25, 0.3) is 0 Å². The fourth-order valence-electron chi connectivity index (χ4n) is 1.59. The molecule has 0 heterocycles. The Hall–Kier alpha value is -1.47. The Morgan fingerprint density at radius 2 is 2.00 bits per heavy atom. The molecule has 0 amide bonds. The highest BCUT2D eigenvalue weighted by Crippen LogP contribution is 2.19. The molecule has 0 aromatic heterocycles. The number of hydrogen-bond acceptors (Lipinski definition) is 2. The summed E-state index contributed by atoms with van der Waals surface area (Å²) in [5.41, 5.74) is 0.414. The van der Waals surface area contributed by atoms with Gasteiger partial charge in [0.25, 0.3) is 0 Å². The van der Waals surface area contributed by atoms with Crippen molar-refractivity contribution in [3.05, 3.63) is 35.4 Å². The Balaban J connectivity index is 2.26. The van der Waals surface area contributed by atoms with E-state index < -0.39 is 11.6 Å². The lowest BCUT2D eigenvalue weighted by Crippen LogP contribution is -2.17. The molecule has 0 aliphatic heterocycles. The van der Waals surface area contributed by atoms with Crippen molar-refractivity contribution in [2.75, 3.05) is 6.54 Å². The smallest absolute Gasteiger partial charge is 0.159 e. The van der Waals surface area contributed by atoms with E-state index in [0.29, 0.717) is 12.1 Å². The molecular weight excluding hydrogens is 234 g/mol. The van der Waals surface area contributed by atoms with Crippen molar-refractivity contribution >= 4 is 0 Å². The summed E-state index contributed by atoms with van der Waals surface area (Å²) >= 11 is 0. The van der Waals surface area contributed by atoms with Gasteiger partial charge in [0, 0.05) is 6.54 Å². The zero-order valence-electron chi connectivity index (χ0n) is 10.8. The molecule has 0 saturated heterocycles. The van der Waals surface area contributed by atoms with Crippen LogP contribution in [0.5, 0.6) is 0 Å². The van der Waals surface area contributed by atoms with Crippen molar-refractivity contribution in [3.8, 4) is 6.07 Å². The molecule has 18 heavy (non-hydrogen) atoms. The summed E-state index contributed by atoms with van der Waals surface area (Å²) in [6, 6.07) is 6.13. The van der Waals surface area contributed by atoms with Crippen molar-refractivity contribution in [3.63, 3.8) is 0 Å². The first kappa shape index (κ1) is 14.6. The molecule has 0 aliphatic carbocycles. The van der Waals surface area contributed by atoms with Gasteiger partial charge >= 0.3 is 0 Å². The fraction of sp³-hybridized carbons (Fsp3) is 0.500. The van der Waals surface area contributed by atoms with Gasteiger partial charge in [-0.1, -0.05) is 6.07 Å². The normalized spacial score (nSPS) is 11.3. The average molecular weight is 252 g/mol. The van der Waals surface area contributed by atoms with Gasteiger partial charge in [-0.3, -0.25) is 0 Å². The molecule has 4 heteroatoms. The van der Waals surface area contributed by atoms with Crippen LogP contribution in [0.4, 0.5) is 8.78 Å². The molecule has 1 aromatic rings. The molecule has 0 radical (unpaired) electrons. The molecule has 0 spiro atoms. The lowest BCUT2D eigenvalue weighted by molar-refractivity contribution is 0.425. The van der Waals surface area contributed by atoms with Crippen LogP contribution in [0, 0.1) is 28.4 Å². The highest BCUT2D eigenvalue weighted by atomic mass is 19.2. The van der Waals surface area contributed by atoms with Crippen molar-refractivity contribution in [2.24, 2.45) is 5.41 Å². The van der Waals surface area contributed by atoms with Crippen LogP contribution in [-0.2, 0) is 6.54 Å². The molecule has 1 rings (SSSR count). The summed E-state index contributed by atoms with van der Waals surface area (Å²) in [5, 5.41) is 12.0. The molecule has 0 atom stereocenters. The quantitative estimate of drug-likeness (QED) is 0.788. The van der Waals surface area contributed by atoms with Crippen LogP contribution < -0.4 is 5.32 Å². The first-order chi connectivity index (χ1) is 8.44. The third kappa shape index (κ3) is 4.80. The highest BCUT2D eigenvalue weighted by Gasteiger charge is 2.15. The Labute approximate surface area is 107 Å². The van der Waals surface area contributed by atoms with Crippen molar-refractivity contribution in [2.45, 2.75) is 33.2 Å². The van der Waals surface area contributed by atoms with Crippen molar-refractivity contribution in [1.29, 1.82) is 5.26 Å². The van der Waals surface area contributed by atoms with E-state index in [0.717, 1.165) is 25.5 Å².